The average Bonchev–Trinajstić information content (AvgIpc) is 3.07. The number of nitrogens with one attached hydrogen (secondary N) is 2. The highest BCUT2D eigenvalue weighted by atomic mass is 16.5. The minimum absolute atomic E-state index is 0.118. The Kier molecular flexibility index (Phi) is 7.06. The van der Waals surface area contributed by atoms with Gasteiger partial charge in [-0.2, -0.15) is 0 Å². The number of aryl methyl sites for hydroxylation is 1. The van der Waals surface area contributed by atoms with E-state index in [-0.39, 0.29) is 5.75 Å². The molecule has 0 aliphatic rings. The van der Waals surface area contributed by atoms with Gasteiger partial charge >= 0.3 is 0 Å². The summed E-state index contributed by atoms with van der Waals surface area (Å²) in [5, 5.41) is 24.3. The zero-order chi connectivity index (χ0) is 18.1. The molecule has 0 saturated carbocycles. The Hall–Kier alpha value is -2.77. The molecule has 0 aliphatic heterocycles. The monoisotopic (exact) mass is 346 g/mol. The molecule has 1 aromatic heterocycles. The van der Waals surface area contributed by atoms with Gasteiger partial charge in [0.2, 0.25) is 0 Å². The Morgan fingerprint density at radius 3 is 2.84 bits per heavy atom. The summed E-state index contributed by atoms with van der Waals surface area (Å²) in [6.45, 7) is 6.79. The van der Waals surface area contributed by atoms with Crippen molar-refractivity contribution in [2.45, 2.75) is 33.4 Å². The lowest BCUT2D eigenvalue weighted by atomic mass is 10.2. The zero-order valence-corrected chi connectivity index (χ0v) is 15.0. The number of ether oxygens (including phenoxy) is 1. The van der Waals surface area contributed by atoms with Crippen LogP contribution < -0.4 is 15.4 Å². The van der Waals surface area contributed by atoms with E-state index in [9.17, 15) is 5.11 Å². The highest BCUT2D eigenvalue weighted by Gasteiger charge is 2.04. The summed E-state index contributed by atoms with van der Waals surface area (Å²) in [4.78, 5) is 4.54. The first-order valence-corrected chi connectivity index (χ1v) is 8.42. The van der Waals surface area contributed by atoms with Gasteiger partial charge in [-0.3, -0.25) is 0 Å². The second-order valence-corrected chi connectivity index (χ2v) is 5.42. The first-order valence-electron chi connectivity index (χ1n) is 8.42. The third kappa shape index (κ3) is 5.37. The number of hydrogen-bond acceptors (Lipinski definition) is 5. The second kappa shape index (κ2) is 9.51. The third-order valence-electron chi connectivity index (χ3n) is 3.66. The molecule has 1 aromatic carbocycles. The molecule has 0 radical (unpaired) electrons. The van der Waals surface area contributed by atoms with Gasteiger partial charge in [0.05, 0.1) is 13.7 Å². The number of aromatic nitrogens is 3. The lowest BCUT2D eigenvalue weighted by Crippen LogP contribution is -2.38. The first kappa shape index (κ1) is 18.6. The molecule has 25 heavy (non-hydrogen) atoms. The molecular weight excluding hydrogens is 320 g/mol. The summed E-state index contributed by atoms with van der Waals surface area (Å²) < 4.78 is 7.07. The predicted octanol–water partition coefficient (Wildman–Crippen LogP) is 1.31. The lowest BCUT2D eigenvalue weighted by Gasteiger charge is -2.12. The summed E-state index contributed by atoms with van der Waals surface area (Å²) in [6.07, 6.45) is 2.60. The molecule has 0 atom stereocenters. The molecule has 0 unspecified atom stereocenters. The van der Waals surface area contributed by atoms with Gasteiger partial charge in [-0.15, -0.1) is 10.2 Å². The van der Waals surface area contributed by atoms with E-state index in [0.717, 1.165) is 36.9 Å². The molecule has 0 spiro atoms. The summed E-state index contributed by atoms with van der Waals surface area (Å²) in [6, 6.07) is 5.28. The molecule has 2 aromatic rings. The zero-order valence-electron chi connectivity index (χ0n) is 15.0. The molecule has 3 N–H and O–H groups in total. The van der Waals surface area contributed by atoms with E-state index in [1.165, 1.54) is 7.11 Å². The van der Waals surface area contributed by atoms with Gasteiger partial charge in [0, 0.05) is 26.1 Å². The number of nitrogens with zero attached hydrogens (tertiary/aromatic N) is 4. The number of rotatable bonds is 8. The molecular formula is C17H26N6O2. The van der Waals surface area contributed by atoms with Crippen LogP contribution in [0.1, 0.15) is 25.2 Å². The number of phenols is 1. The first-order chi connectivity index (χ1) is 12.2. The normalized spacial score (nSPS) is 11.4. The van der Waals surface area contributed by atoms with Gasteiger partial charge in [-0.1, -0.05) is 13.0 Å². The average molecular weight is 346 g/mol. The number of aliphatic imine (C=N–C) groups is 1. The van der Waals surface area contributed by atoms with E-state index in [1.54, 1.807) is 18.5 Å². The van der Waals surface area contributed by atoms with Crippen LogP contribution in [0.25, 0.3) is 0 Å². The van der Waals surface area contributed by atoms with Crippen LogP contribution in [0.15, 0.2) is 29.5 Å². The van der Waals surface area contributed by atoms with Crippen molar-refractivity contribution in [2.75, 3.05) is 20.2 Å². The standard InChI is InChI=1S/C17H26N6O2/c1-4-16-22-21-12-23(16)9-8-19-17(18-5-2)20-11-13-6-7-15(25-3)14(24)10-13/h6-7,10,12,24H,4-5,8-9,11H2,1-3H3,(H2,18,19,20). The Bertz CT molecular complexity index is 698. The quantitative estimate of drug-likeness (QED) is 0.493. The number of hydrogen-bond donors (Lipinski definition) is 3. The van der Waals surface area contributed by atoms with Gasteiger partial charge in [0.25, 0.3) is 0 Å². The van der Waals surface area contributed by atoms with Gasteiger partial charge < -0.3 is 25.0 Å². The number of phenolic OH excluding ortho intramolecular Hbond substituents is 1. The molecule has 1 heterocycles. The van der Waals surface area contributed by atoms with E-state index < -0.39 is 0 Å². The topological polar surface area (TPSA) is 96.6 Å². The maximum atomic E-state index is 9.84. The molecule has 0 amide bonds. The van der Waals surface area contributed by atoms with Crippen LogP contribution in [-0.4, -0.2) is 46.0 Å². The van der Waals surface area contributed by atoms with E-state index in [1.807, 2.05) is 17.6 Å². The molecule has 8 nitrogen and oxygen atoms in total. The van der Waals surface area contributed by atoms with Crippen LogP contribution >= 0.6 is 0 Å². The number of guanidine groups is 1. The summed E-state index contributed by atoms with van der Waals surface area (Å²) >= 11 is 0. The number of methoxy groups -OCH3 is 1. The van der Waals surface area contributed by atoms with Crippen molar-refractivity contribution in [3.8, 4) is 11.5 Å². The van der Waals surface area contributed by atoms with Crippen molar-refractivity contribution in [2.24, 2.45) is 4.99 Å². The van der Waals surface area contributed by atoms with Gasteiger partial charge in [-0.25, -0.2) is 4.99 Å². The fraction of sp³-hybridized carbons (Fsp3) is 0.471. The maximum Gasteiger partial charge on any atom is 0.191 e. The van der Waals surface area contributed by atoms with Gasteiger partial charge in [0.15, 0.2) is 17.5 Å². The largest absolute Gasteiger partial charge is 0.504 e. The molecule has 0 aliphatic carbocycles. The fourth-order valence-corrected chi connectivity index (χ4v) is 2.38. The van der Waals surface area contributed by atoms with Crippen LogP contribution in [-0.2, 0) is 19.5 Å². The molecule has 2 rings (SSSR count). The minimum Gasteiger partial charge on any atom is -0.504 e. The van der Waals surface area contributed by atoms with E-state index >= 15 is 0 Å². The fourth-order valence-electron chi connectivity index (χ4n) is 2.38. The summed E-state index contributed by atoms with van der Waals surface area (Å²) in [7, 11) is 1.53. The Morgan fingerprint density at radius 2 is 2.16 bits per heavy atom. The summed E-state index contributed by atoms with van der Waals surface area (Å²) in [5.74, 6) is 2.27. The van der Waals surface area contributed by atoms with E-state index in [0.29, 0.717) is 18.8 Å². The predicted molar refractivity (Wildman–Crippen MR) is 96.9 cm³/mol. The Balaban J connectivity index is 1.92. The van der Waals surface area contributed by atoms with Crippen LogP contribution in [0.5, 0.6) is 11.5 Å². The Morgan fingerprint density at radius 1 is 1.32 bits per heavy atom. The van der Waals surface area contributed by atoms with Crippen LogP contribution in [0, 0.1) is 0 Å². The molecule has 136 valence electrons. The maximum absolute atomic E-state index is 9.84. The van der Waals surface area contributed by atoms with Crippen LogP contribution in [0.4, 0.5) is 0 Å². The number of aromatic hydroxyl groups is 1. The van der Waals surface area contributed by atoms with Crippen molar-refractivity contribution in [3.05, 3.63) is 35.9 Å². The molecule has 0 saturated heterocycles. The summed E-state index contributed by atoms with van der Waals surface area (Å²) in [5.41, 5.74) is 0.905. The SMILES string of the molecule is CCNC(=NCc1ccc(OC)c(O)c1)NCCn1cnnc1CC. The van der Waals surface area contributed by atoms with Crippen molar-refractivity contribution < 1.29 is 9.84 Å². The minimum atomic E-state index is 0.118. The van der Waals surface area contributed by atoms with Gasteiger partial charge in [-0.05, 0) is 24.6 Å². The third-order valence-corrected chi connectivity index (χ3v) is 3.66. The van der Waals surface area contributed by atoms with Gasteiger partial charge in [0.1, 0.15) is 12.2 Å². The van der Waals surface area contributed by atoms with Crippen molar-refractivity contribution in [1.29, 1.82) is 0 Å². The van der Waals surface area contributed by atoms with E-state index in [2.05, 4.69) is 32.7 Å². The van der Waals surface area contributed by atoms with E-state index in [4.69, 9.17) is 4.74 Å². The smallest absolute Gasteiger partial charge is 0.191 e. The molecule has 0 fully saturated rings. The van der Waals surface area contributed by atoms with Crippen LogP contribution in [0.3, 0.4) is 0 Å². The molecule has 8 heteroatoms. The van der Waals surface area contributed by atoms with Crippen molar-refractivity contribution in [1.82, 2.24) is 25.4 Å². The van der Waals surface area contributed by atoms with Crippen molar-refractivity contribution >= 4 is 5.96 Å². The van der Waals surface area contributed by atoms with Crippen LogP contribution in [0.2, 0.25) is 0 Å². The second-order valence-electron chi connectivity index (χ2n) is 5.42. The highest BCUT2D eigenvalue weighted by molar-refractivity contribution is 5.79. The molecule has 0 bridgehead atoms. The highest BCUT2D eigenvalue weighted by Crippen LogP contribution is 2.26. The van der Waals surface area contributed by atoms with Crippen molar-refractivity contribution in [3.63, 3.8) is 0 Å². The Labute approximate surface area is 148 Å². The number of benzene rings is 1. The lowest BCUT2D eigenvalue weighted by molar-refractivity contribution is 0.373.